The summed E-state index contributed by atoms with van der Waals surface area (Å²) in [5, 5.41) is 7.71. The molecule has 6 nitrogen and oxygen atoms in total. The van der Waals surface area contributed by atoms with Crippen LogP contribution in [0, 0.1) is 0 Å². The molecule has 0 spiro atoms. The average Bonchev–Trinajstić information content (AvgIpc) is 2.76. The molecule has 0 atom stereocenters. The molecular weight excluding hydrogens is 182 g/mol. The fourth-order valence-electron chi connectivity index (χ4n) is 1.21. The Morgan fingerprint density at radius 1 is 1.57 bits per heavy atom. The van der Waals surface area contributed by atoms with Crippen molar-refractivity contribution in [3.8, 4) is 0 Å². The van der Waals surface area contributed by atoms with E-state index in [-0.39, 0.29) is 0 Å². The van der Waals surface area contributed by atoms with E-state index in [0.29, 0.717) is 12.4 Å². The van der Waals surface area contributed by atoms with Gasteiger partial charge in [0.25, 0.3) is 0 Å². The van der Waals surface area contributed by atoms with E-state index in [1.807, 2.05) is 0 Å². The second-order valence-electron chi connectivity index (χ2n) is 2.91. The molecule has 2 aromatic rings. The summed E-state index contributed by atoms with van der Waals surface area (Å²) in [5.41, 5.74) is 0.800. The minimum absolute atomic E-state index is 0.399. The molecule has 14 heavy (non-hydrogen) atoms. The van der Waals surface area contributed by atoms with Gasteiger partial charge in [0.15, 0.2) is 12.1 Å². The van der Waals surface area contributed by atoms with Crippen LogP contribution in [0.3, 0.4) is 0 Å². The molecule has 2 rings (SSSR count). The highest BCUT2D eigenvalue weighted by molar-refractivity contribution is 5.69. The van der Waals surface area contributed by atoms with Gasteiger partial charge in [0, 0.05) is 25.6 Å². The van der Waals surface area contributed by atoms with Crippen LogP contribution < -0.4 is 0 Å². The smallest absolute Gasteiger partial charge is 0.185 e. The van der Waals surface area contributed by atoms with E-state index < -0.39 is 0 Å². The van der Waals surface area contributed by atoms with Crippen molar-refractivity contribution in [2.75, 3.05) is 0 Å². The third-order valence-corrected chi connectivity index (χ3v) is 1.84. The lowest BCUT2D eigenvalue weighted by Crippen LogP contribution is -2.03. The summed E-state index contributed by atoms with van der Waals surface area (Å²) in [4.78, 5) is 14.4. The minimum atomic E-state index is 0.399. The third kappa shape index (κ3) is 1.54. The average molecular weight is 191 g/mol. The molecule has 0 saturated heterocycles. The second-order valence-corrected chi connectivity index (χ2v) is 2.91. The van der Waals surface area contributed by atoms with E-state index in [1.54, 1.807) is 34.9 Å². The molecule has 0 aliphatic carbocycles. The molecule has 0 unspecified atom stereocenters. The number of aryl methyl sites for hydroxylation is 1. The number of imidazole rings is 1. The molecule has 2 heterocycles. The summed E-state index contributed by atoms with van der Waals surface area (Å²) >= 11 is 0. The van der Waals surface area contributed by atoms with Crippen molar-refractivity contribution in [1.29, 1.82) is 0 Å². The predicted octanol–water partition coefficient (Wildman–Crippen LogP) is -0.128. The van der Waals surface area contributed by atoms with Crippen molar-refractivity contribution in [2.24, 2.45) is 7.05 Å². The monoisotopic (exact) mass is 191 g/mol. The zero-order chi connectivity index (χ0) is 9.97. The van der Waals surface area contributed by atoms with Gasteiger partial charge in [-0.1, -0.05) is 5.21 Å². The van der Waals surface area contributed by atoms with Crippen LogP contribution in [-0.2, 0) is 13.6 Å². The van der Waals surface area contributed by atoms with E-state index in [2.05, 4.69) is 15.3 Å². The second kappa shape index (κ2) is 3.41. The highest BCUT2D eigenvalue weighted by Crippen LogP contribution is 2.00. The number of hydrogen-bond donors (Lipinski definition) is 0. The van der Waals surface area contributed by atoms with Crippen molar-refractivity contribution in [1.82, 2.24) is 24.5 Å². The maximum absolute atomic E-state index is 10.6. The first-order chi connectivity index (χ1) is 6.79. The fourth-order valence-corrected chi connectivity index (χ4v) is 1.21. The summed E-state index contributed by atoms with van der Waals surface area (Å²) in [5.74, 6) is 0.399. The highest BCUT2D eigenvalue weighted by atomic mass is 16.1. The van der Waals surface area contributed by atoms with Crippen molar-refractivity contribution >= 4 is 6.29 Å². The Hall–Kier alpha value is -1.98. The van der Waals surface area contributed by atoms with Crippen LogP contribution in [0.25, 0.3) is 0 Å². The van der Waals surface area contributed by atoms with Crippen molar-refractivity contribution in [3.63, 3.8) is 0 Å². The zero-order valence-electron chi connectivity index (χ0n) is 7.66. The Morgan fingerprint density at radius 2 is 2.43 bits per heavy atom. The molecule has 0 radical (unpaired) electrons. The van der Waals surface area contributed by atoms with Gasteiger partial charge in [0.2, 0.25) is 0 Å². The molecule has 0 aliphatic heterocycles. The molecule has 0 N–H and O–H groups in total. The van der Waals surface area contributed by atoms with Gasteiger partial charge in [-0.15, -0.1) is 5.10 Å². The van der Waals surface area contributed by atoms with Crippen molar-refractivity contribution in [3.05, 3.63) is 30.1 Å². The number of nitrogens with zero attached hydrogens (tertiary/aromatic N) is 5. The maximum atomic E-state index is 10.6. The van der Waals surface area contributed by atoms with Crippen LogP contribution in [0.4, 0.5) is 0 Å². The van der Waals surface area contributed by atoms with E-state index in [4.69, 9.17) is 0 Å². The first kappa shape index (κ1) is 8.61. The number of aldehydes is 1. The Morgan fingerprint density at radius 3 is 3.07 bits per heavy atom. The molecule has 2 aromatic heterocycles. The quantitative estimate of drug-likeness (QED) is 0.634. The summed E-state index contributed by atoms with van der Waals surface area (Å²) in [7, 11) is 1.80. The zero-order valence-corrected chi connectivity index (χ0v) is 7.66. The van der Waals surface area contributed by atoms with Gasteiger partial charge < -0.3 is 4.57 Å². The highest BCUT2D eigenvalue weighted by Gasteiger charge is 2.03. The van der Waals surface area contributed by atoms with Crippen LogP contribution in [-0.4, -0.2) is 30.8 Å². The van der Waals surface area contributed by atoms with Gasteiger partial charge in [0.05, 0.1) is 6.54 Å². The standard InChI is InChI=1S/C8H9N5O/c1-12-4-7(10-11-12)5-13-3-2-9-8(13)6-14/h2-4,6H,5H2,1H3. The fraction of sp³-hybridized carbons (Fsp3) is 0.250. The number of carbonyl (C=O) groups excluding carboxylic acids is 1. The summed E-state index contributed by atoms with van der Waals surface area (Å²) < 4.78 is 3.34. The first-order valence-electron chi connectivity index (χ1n) is 4.11. The number of hydrogen-bond acceptors (Lipinski definition) is 4. The van der Waals surface area contributed by atoms with Crippen LogP contribution in [0.1, 0.15) is 16.3 Å². The molecule has 0 saturated carbocycles. The number of aromatic nitrogens is 5. The Bertz CT molecular complexity index is 444. The third-order valence-electron chi connectivity index (χ3n) is 1.84. The Kier molecular flexibility index (Phi) is 2.10. The van der Waals surface area contributed by atoms with Crippen LogP contribution in [0.5, 0.6) is 0 Å². The van der Waals surface area contributed by atoms with Crippen LogP contribution >= 0.6 is 0 Å². The largest absolute Gasteiger partial charge is 0.323 e. The van der Waals surface area contributed by atoms with Gasteiger partial charge in [-0.05, 0) is 0 Å². The molecule has 72 valence electrons. The lowest BCUT2D eigenvalue weighted by atomic mass is 10.4. The Balaban J connectivity index is 2.22. The first-order valence-corrected chi connectivity index (χ1v) is 4.11. The lowest BCUT2D eigenvalue weighted by Gasteiger charge is -1.98. The lowest BCUT2D eigenvalue weighted by molar-refractivity contribution is 0.111. The number of rotatable bonds is 3. The van der Waals surface area contributed by atoms with Crippen LogP contribution in [0.15, 0.2) is 18.6 Å². The van der Waals surface area contributed by atoms with Gasteiger partial charge >= 0.3 is 0 Å². The molecular formula is C8H9N5O. The van der Waals surface area contributed by atoms with E-state index >= 15 is 0 Å². The predicted molar refractivity (Wildman–Crippen MR) is 47.7 cm³/mol. The Labute approximate surface area is 80.2 Å². The topological polar surface area (TPSA) is 65.6 Å². The van der Waals surface area contributed by atoms with Gasteiger partial charge in [-0.3, -0.25) is 9.48 Å². The number of carbonyl (C=O) groups is 1. The van der Waals surface area contributed by atoms with Gasteiger partial charge in [0.1, 0.15) is 5.69 Å². The van der Waals surface area contributed by atoms with Crippen LogP contribution in [0.2, 0.25) is 0 Å². The summed E-state index contributed by atoms with van der Waals surface area (Å²) in [6, 6.07) is 0. The van der Waals surface area contributed by atoms with Gasteiger partial charge in [-0.25, -0.2) is 4.98 Å². The maximum Gasteiger partial charge on any atom is 0.185 e. The molecule has 0 bridgehead atoms. The molecule has 0 aliphatic rings. The van der Waals surface area contributed by atoms with E-state index in [1.165, 1.54) is 0 Å². The van der Waals surface area contributed by atoms with Crippen molar-refractivity contribution < 1.29 is 4.79 Å². The minimum Gasteiger partial charge on any atom is -0.323 e. The van der Waals surface area contributed by atoms with Crippen molar-refractivity contribution in [2.45, 2.75) is 6.54 Å². The molecule has 0 fully saturated rings. The summed E-state index contributed by atoms with van der Waals surface area (Å²) in [6.45, 7) is 0.516. The van der Waals surface area contributed by atoms with E-state index in [0.717, 1.165) is 12.0 Å². The van der Waals surface area contributed by atoms with Gasteiger partial charge in [-0.2, -0.15) is 0 Å². The molecule has 6 heteroatoms. The molecule has 0 amide bonds. The molecule has 0 aromatic carbocycles. The SMILES string of the molecule is Cn1cc(Cn2ccnc2C=O)nn1. The summed E-state index contributed by atoms with van der Waals surface area (Å²) in [6.07, 6.45) is 5.84. The van der Waals surface area contributed by atoms with E-state index in [9.17, 15) is 4.79 Å². The normalized spacial score (nSPS) is 10.4.